The van der Waals surface area contributed by atoms with Crippen molar-refractivity contribution in [1.82, 2.24) is 5.32 Å². The molecule has 0 spiro atoms. The van der Waals surface area contributed by atoms with Gasteiger partial charge >= 0.3 is 0 Å². The van der Waals surface area contributed by atoms with Gasteiger partial charge in [-0.2, -0.15) is 0 Å². The molecule has 2 N–H and O–H groups in total. The van der Waals surface area contributed by atoms with Crippen molar-refractivity contribution < 1.29 is 23.1 Å². The number of nitrogens with one attached hydrogen (secondary N) is 1. The normalized spacial score (nSPS) is 12.4. The van der Waals surface area contributed by atoms with Gasteiger partial charge in [0, 0.05) is 17.5 Å². The minimum atomic E-state index is -1.50. The van der Waals surface area contributed by atoms with Crippen molar-refractivity contribution in [1.29, 1.82) is 0 Å². The number of aliphatic hydroxyl groups is 1. The predicted molar refractivity (Wildman–Crippen MR) is 89.3 cm³/mol. The summed E-state index contributed by atoms with van der Waals surface area (Å²) in [4.78, 5) is 12.3. The molecule has 0 aliphatic rings. The van der Waals surface area contributed by atoms with E-state index in [1.54, 1.807) is 6.92 Å². The molecule has 2 aromatic carbocycles. The van der Waals surface area contributed by atoms with E-state index in [1.807, 2.05) is 25.1 Å². The highest BCUT2D eigenvalue weighted by molar-refractivity contribution is 5.99. The Morgan fingerprint density at radius 3 is 2.44 bits per heavy atom. The second kappa shape index (κ2) is 6.64. The molecule has 3 aromatic rings. The van der Waals surface area contributed by atoms with Crippen LogP contribution in [0.1, 0.15) is 33.3 Å². The lowest BCUT2D eigenvalue weighted by atomic mass is 10.1. The molecule has 1 amide bonds. The van der Waals surface area contributed by atoms with E-state index in [2.05, 4.69) is 5.32 Å². The van der Waals surface area contributed by atoms with E-state index >= 15 is 0 Å². The van der Waals surface area contributed by atoms with Crippen LogP contribution in [0.5, 0.6) is 0 Å². The van der Waals surface area contributed by atoms with Crippen molar-refractivity contribution in [2.75, 3.05) is 6.54 Å². The highest BCUT2D eigenvalue weighted by Gasteiger charge is 2.22. The van der Waals surface area contributed by atoms with E-state index in [-0.39, 0.29) is 12.3 Å². The van der Waals surface area contributed by atoms with Crippen molar-refractivity contribution in [3.8, 4) is 0 Å². The molecule has 0 fully saturated rings. The number of furan rings is 1. The number of para-hydroxylation sites is 1. The van der Waals surface area contributed by atoms with E-state index in [0.717, 1.165) is 23.1 Å². The number of benzene rings is 2. The van der Waals surface area contributed by atoms with Gasteiger partial charge in [0.2, 0.25) is 0 Å². The molecule has 0 saturated carbocycles. The van der Waals surface area contributed by atoms with Crippen LogP contribution >= 0.6 is 0 Å². The molecular formula is C19H17F2NO3. The van der Waals surface area contributed by atoms with Crippen LogP contribution < -0.4 is 5.32 Å². The number of carbonyl (C=O) groups excluding carboxylic acids is 1. The summed E-state index contributed by atoms with van der Waals surface area (Å²) in [6.07, 6.45) is -1.50. The zero-order valence-corrected chi connectivity index (χ0v) is 13.8. The smallest absolute Gasteiger partial charge is 0.287 e. The summed E-state index contributed by atoms with van der Waals surface area (Å²) in [7, 11) is 0. The molecule has 1 heterocycles. The van der Waals surface area contributed by atoms with Gasteiger partial charge in [-0.15, -0.1) is 0 Å². The molecule has 1 aromatic heterocycles. The highest BCUT2D eigenvalue weighted by atomic mass is 19.1. The maximum atomic E-state index is 13.7. The Labute approximate surface area is 143 Å². The minimum absolute atomic E-state index is 0.116. The predicted octanol–water partition coefficient (Wildman–Crippen LogP) is 3.79. The van der Waals surface area contributed by atoms with E-state index in [1.165, 1.54) is 6.07 Å². The van der Waals surface area contributed by atoms with E-state index < -0.39 is 29.2 Å². The van der Waals surface area contributed by atoms with Crippen LogP contribution in [-0.4, -0.2) is 17.6 Å². The third-order valence-electron chi connectivity index (χ3n) is 4.16. The number of hydrogen-bond acceptors (Lipinski definition) is 3. The number of rotatable bonds is 4. The average Bonchev–Trinajstić information content (AvgIpc) is 2.91. The van der Waals surface area contributed by atoms with Crippen LogP contribution in [-0.2, 0) is 0 Å². The highest BCUT2D eigenvalue weighted by Crippen LogP contribution is 2.27. The third kappa shape index (κ3) is 3.13. The molecule has 1 atom stereocenters. The zero-order valence-electron chi connectivity index (χ0n) is 13.8. The van der Waals surface area contributed by atoms with Gasteiger partial charge in [0.1, 0.15) is 23.3 Å². The summed E-state index contributed by atoms with van der Waals surface area (Å²) < 4.78 is 33.0. The summed E-state index contributed by atoms with van der Waals surface area (Å²) >= 11 is 0. The Kier molecular flexibility index (Phi) is 4.55. The molecule has 0 bridgehead atoms. The van der Waals surface area contributed by atoms with Crippen LogP contribution in [0.15, 0.2) is 40.8 Å². The van der Waals surface area contributed by atoms with Crippen LogP contribution in [0.3, 0.4) is 0 Å². The van der Waals surface area contributed by atoms with Crippen LogP contribution in [0.25, 0.3) is 11.0 Å². The Hall–Kier alpha value is -2.73. The maximum Gasteiger partial charge on any atom is 0.287 e. The molecule has 25 heavy (non-hydrogen) atoms. The van der Waals surface area contributed by atoms with Gasteiger partial charge in [-0.25, -0.2) is 8.78 Å². The van der Waals surface area contributed by atoms with Crippen molar-refractivity contribution in [2.45, 2.75) is 20.0 Å². The number of hydrogen-bond donors (Lipinski definition) is 2. The molecule has 6 heteroatoms. The largest absolute Gasteiger partial charge is 0.450 e. The molecule has 0 saturated heterocycles. The van der Waals surface area contributed by atoms with E-state index in [9.17, 15) is 18.7 Å². The number of halogens is 2. The topological polar surface area (TPSA) is 62.5 Å². The van der Waals surface area contributed by atoms with Crippen molar-refractivity contribution in [2.24, 2.45) is 0 Å². The number of carbonyl (C=O) groups is 1. The number of aryl methyl sites for hydroxylation is 2. The lowest BCUT2D eigenvalue weighted by molar-refractivity contribution is 0.0885. The van der Waals surface area contributed by atoms with Gasteiger partial charge < -0.3 is 14.8 Å². The molecule has 130 valence electrons. The lowest BCUT2D eigenvalue weighted by Crippen LogP contribution is -2.29. The second-order valence-corrected chi connectivity index (χ2v) is 5.87. The van der Waals surface area contributed by atoms with Gasteiger partial charge in [0.15, 0.2) is 5.76 Å². The molecule has 0 aliphatic heterocycles. The number of amides is 1. The summed E-state index contributed by atoms with van der Waals surface area (Å²) in [5, 5.41) is 13.3. The van der Waals surface area contributed by atoms with Gasteiger partial charge in [0.25, 0.3) is 5.91 Å². The molecule has 0 radical (unpaired) electrons. The van der Waals surface area contributed by atoms with Crippen LogP contribution in [0, 0.1) is 25.5 Å². The monoisotopic (exact) mass is 345 g/mol. The SMILES string of the molecule is Cc1c(C(=O)NCC(O)c2c(F)cccc2F)oc2c(C)cccc12. The number of aliphatic hydroxyl groups excluding tert-OH is 1. The Morgan fingerprint density at radius 1 is 1.16 bits per heavy atom. The van der Waals surface area contributed by atoms with Gasteiger partial charge in [-0.1, -0.05) is 24.3 Å². The first kappa shape index (κ1) is 17.1. The molecule has 1 unspecified atom stereocenters. The first-order chi connectivity index (χ1) is 11.9. The first-order valence-electron chi connectivity index (χ1n) is 7.79. The minimum Gasteiger partial charge on any atom is -0.450 e. The summed E-state index contributed by atoms with van der Waals surface area (Å²) in [5.41, 5.74) is 1.71. The molecule has 0 aliphatic carbocycles. The first-order valence-corrected chi connectivity index (χ1v) is 7.79. The molecular weight excluding hydrogens is 328 g/mol. The fraction of sp³-hybridized carbons (Fsp3) is 0.211. The van der Waals surface area contributed by atoms with Gasteiger partial charge in [-0.3, -0.25) is 4.79 Å². The van der Waals surface area contributed by atoms with Gasteiger partial charge in [0.05, 0.1) is 5.56 Å². The standard InChI is InChI=1S/C19H17F2NO3/c1-10-5-3-6-12-11(2)18(25-17(10)12)19(24)22-9-15(23)16-13(20)7-4-8-14(16)21/h3-8,15,23H,9H2,1-2H3,(H,22,24). The Bertz CT molecular complexity index is 929. The quantitative estimate of drug-likeness (QED) is 0.756. The van der Waals surface area contributed by atoms with E-state index in [0.29, 0.717) is 11.1 Å². The summed E-state index contributed by atoms with van der Waals surface area (Å²) in [5.74, 6) is -2.16. The summed E-state index contributed by atoms with van der Waals surface area (Å²) in [6.45, 7) is 3.29. The second-order valence-electron chi connectivity index (χ2n) is 5.87. The van der Waals surface area contributed by atoms with E-state index in [4.69, 9.17) is 4.42 Å². The molecule has 3 rings (SSSR count). The zero-order chi connectivity index (χ0) is 18.1. The van der Waals surface area contributed by atoms with Crippen LogP contribution in [0.4, 0.5) is 8.78 Å². The molecule has 4 nitrogen and oxygen atoms in total. The fourth-order valence-electron chi connectivity index (χ4n) is 2.80. The Balaban J connectivity index is 1.79. The van der Waals surface area contributed by atoms with Gasteiger partial charge in [-0.05, 0) is 31.5 Å². The average molecular weight is 345 g/mol. The third-order valence-corrected chi connectivity index (χ3v) is 4.16. The number of fused-ring (bicyclic) bond motifs is 1. The lowest BCUT2D eigenvalue weighted by Gasteiger charge is -2.13. The Morgan fingerprint density at radius 2 is 1.80 bits per heavy atom. The fourth-order valence-corrected chi connectivity index (χ4v) is 2.80. The van der Waals surface area contributed by atoms with Crippen molar-refractivity contribution in [3.63, 3.8) is 0 Å². The van der Waals surface area contributed by atoms with Crippen LogP contribution in [0.2, 0.25) is 0 Å². The van der Waals surface area contributed by atoms with Crippen molar-refractivity contribution in [3.05, 3.63) is 70.5 Å². The summed E-state index contributed by atoms with van der Waals surface area (Å²) in [6, 6.07) is 8.90. The van der Waals surface area contributed by atoms with Crippen molar-refractivity contribution >= 4 is 16.9 Å². The maximum absolute atomic E-state index is 13.7.